The van der Waals surface area contributed by atoms with Crippen molar-refractivity contribution in [2.24, 2.45) is 10.7 Å². The van der Waals surface area contributed by atoms with Crippen LogP contribution >= 0.6 is 24.0 Å². The number of nitrogens with zero attached hydrogens (tertiary/aromatic N) is 3. The Balaban J connectivity index is 0.00000529. The molecular weight excluding hydrogens is 417 g/mol. The molecule has 0 aromatic heterocycles. The monoisotopic (exact) mass is 455 g/mol. The van der Waals surface area contributed by atoms with E-state index in [2.05, 4.69) is 34.2 Å². The van der Waals surface area contributed by atoms with Crippen molar-refractivity contribution in [2.45, 2.75) is 38.5 Å². The van der Waals surface area contributed by atoms with Crippen molar-refractivity contribution < 1.29 is 4.74 Å². The van der Waals surface area contributed by atoms with E-state index in [4.69, 9.17) is 10.5 Å². The van der Waals surface area contributed by atoms with Crippen molar-refractivity contribution in [1.29, 1.82) is 0 Å². The highest BCUT2D eigenvalue weighted by Gasteiger charge is 2.08. The number of aliphatic imine (C=N–C) groups is 1. The van der Waals surface area contributed by atoms with E-state index in [1.165, 1.54) is 38.6 Å². The lowest BCUT2D eigenvalue weighted by Gasteiger charge is -2.26. The molecule has 0 amide bonds. The quantitative estimate of drug-likeness (QED) is 0.203. The molecule has 1 fully saturated rings. The smallest absolute Gasteiger partial charge is 0.188 e. The van der Waals surface area contributed by atoms with Crippen molar-refractivity contribution >= 4 is 29.9 Å². The number of nitrogens with one attached hydrogen (secondary N) is 1. The van der Waals surface area contributed by atoms with Gasteiger partial charge in [-0.1, -0.05) is 19.3 Å². The first kappa shape index (κ1) is 23.9. The SMILES string of the molecule is CN(C)CCCCCCCNC(N)=NCCCN1CCOCC1.I. The van der Waals surface area contributed by atoms with E-state index in [1.807, 2.05) is 0 Å². The summed E-state index contributed by atoms with van der Waals surface area (Å²) in [6, 6.07) is 0. The van der Waals surface area contributed by atoms with Crippen molar-refractivity contribution in [2.75, 3.05) is 66.6 Å². The molecule has 1 heterocycles. The lowest BCUT2D eigenvalue weighted by atomic mass is 10.1. The highest BCUT2D eigenvalue weighted by atomic mass is 127. The molecule has 7 heteroatoms. The van der Waals surface area contributed by atoms with Gasteiger partial charge in [0.05, 0.1) is 13.2 Å². The van der Waals surface area contributed by atoms with E-state index in [-0.39, 0.29) is 24.0 Å². The largest absolute Gasteiger partial charge is 0.379 e. The summed E-state index contributed by atoms with van der Waals surface area (Å²) < 4.78 is 5.34. The first-order valence-corrected chi connectivity index (χ1v) is 9.17. The molecule has 1 aliphatic rings. The number of halogens is 1. The van der Waals surface area contributed by atoms with Crippen molar-refractivity contribution in [3.8, 4) is 0 Å². The van der Waals surface area contributed by atoms with Gasteiger partial charge in [-0.2, -0.15) is 0 Å². The number of unbranched alkanes of at least 4 members (excludes halogenated alkanes) is 4. The lowest BCUT2D eigenvalue weighted by Crippen LogP contribution is -2.37. The molecule has 0 unspecified atom stereocenters. The number of rotatable bonds is 12. The van der Waals surface area contributed by atoms with Crippen LogP contribution in [0.25, 0.3) is 0 Å². The molecule has 1 rings (SSSR count). The van der Waals surface area contributed by atoms with Gasteiger partial charge in [0, 0.05) is 32.7 Å². The van der Waals surface area contributed by atoms with Crippen molar-refractivity contribution in [3.05, 3.63) is 0 Å². The van der Waals surface area contributed by atoms with E-state index in [0.717, 1.165) is 52.4 Å². The fourth-order valence-corrected chi connectivity index (χ4v) is 2.67. The van der Waals surface area contributed by atoms with Gasteiger partial charge in [-0.25, -0.2) is 0 Å². The number of hydrogen-bond donors (Lipinski definition) is 2. The summed E-state index contributed by atoms with van der Waals surface area (Å²) in [6.45, 7) is 7.85. The molecule has 144 valence electrons. The van der Waals surface area contributed by atoms with Gasteiger partial charge in [-0.15, -0.1) is 24.0 Å². The number of hydrogen-bond acceptors (Lipinski definition) is 4. The standard InChI is InChI=1S/C17H37N5O.HI/c1-21(2)11-7-5-3-4-6-9-19-17(18)20-10-8-12-22-13-15-23-16-14-22;/h3-16H2,1-2H3,(H3,18,19,20);1H. The molecule has 0 saturated carbocycles. The minimum absolute atomic E-state index is 0. The molecular formula is C17H38IN5O. The van der Waals surface area contributed by atoms with E-state index in [1.54, 1.807) is 0 Å². The first-order chi connectivity index (χ1) is 11.2. The lowest BCUT2D eigenvalue weighted by molar-refractivity contribution is 0.0377. The summed E-state index contributed by atoms with van der Waals surface area (Å²) in [6.07, 6.45) is 7.44. The molecule has 0 bridgehead atoms. The zero-order valence-electron chi connectivity index (χ0n) is 15.6. The number of ether oxygens (including phenoxy) is 1. The van der Waals surface area contributed by atoms with Crippen LogP contribution in [-0.2, 0) is 4.74 Å². The molecule has 0 atom stereocenters. The predicted octanol–water partition coefficient (Wildman–Crippen LogP) is 1.74. The summed E-state index contributed by atoms with van der Waals surface area (Å²) in [7, 11) is 4.26. The summed E-state index contributed by atoms with van der Waals surface area (Å²) in [5, 5.41) is 3.22. The first-order valence-electron chi connectivity index (χ1n) is 9.17. The highest BCUT2D eigenvalue weighted by molar-refractivity contribution is 14.0. The van der Waals surface area contributed by atoms with Crippen LogP contribution in [0.4, 0.5) is 0 Å². The van der Waals surface area contributed by atoms with Crippen LogP contribution in [0.2, 0.25) is 0 Å². The Kier molecular flexibility index (Phi) is 16.3. The van der Waals surface area contributed by atoms with Gasteiger partial charge < -0.3 is 20.7 Å². The third-order valence-electron chi connectivity index (χ3n) is 4.11. The zero-order valence-corrected chi connectivity index (χ0v) is 18.0. The molecule has 0 aromatic rings. The van der Waals surface area contributed by atoms with Crippen LogP contribution in [0.3, 0.4) is 0 Å². The highest BCUT2D eigenvalue weighted by Crippen LogP contribution is 2.02. The maximum absolute atomic E-state index is 5.89. The topological polar surface area (TPSA) is 66.1 Å². The van der Waals surface area contributed by atoms with E-state index in [9.17, 15) is 0 Å². The minimum atomic E-state index is 0. The van der Waals surface area contributed by atoms with Crippen molar-refractivity contribution in [3.63, 3.8) is 0 Å². The second-order valence-electron chi connectivity index (χ2n) is 6.57. The Morgan fingerprint density at radius 3 is 2.46 bits per heavy atom. The fraction of sp³-hybridized carbons (Fsp3) is 0.941. The fourth-order valence-electron chi connectivity index (χ4n) is 2.67. The molecule has 3 N–H and O–H groups in total. The molecule has 0 aliphatic carbocycles. The Labute approximate surface area is 165 Å². The van der Waals surface area contributed by atoms with Crippen LogP contribution in [0.5, 0.6) is 0 Å². The third kappa shape index (κ3) is 14.2. The van der Waals surface area contributed by atoms with E-state index >= 15 is 0 Å². The average Bonchev–Trinajstić information content (AvgIpc) is 2.55. The summed E-state index contributed by atoms with van der Waals surface area (Å²) in [5.74, 6) is 0.597. The van der Waals surface area contributed by atoms with Gasteiger partial charge in [-0.05, 0) is 39.9 Å². The number of morpholine rings is 1. The second kappa shape index (κ2) is 16.4. The summed E-state index contributed by atoms with van der Waals surface area (Å²) in [5.41, 5.74) is 5.89. The average molecular weight is 455 g/mol. The molecule has 1 aliphatic heterocycles. The Hall–Kier alpha value is -0.120. The number of nitrogens with two attached hydrogens (primary N) is 1. The van der Waals surface area contributed by atoms with Crippen LogP contribution in [0.1, 0.15) is 38.5 Å². The van der Waals surface area contributed by atoms with Crippen molar-refractivity contribution in [1.82, 2.24) is 15.1 Å². The second-order valence-corrected chi connectivity index (χ2v) is 6.57. The van der Waals surface area contributed by atoms with Gasteiger partial charge in [0.15, 0.2) is 5.96 Å². The van der Waals surface area contributed by atoms with E-state index < -0.39 is 0 Å². The van der Waals surface area contributed by atoms with Gasteiger partial charge in [-0.3, -0.25) is 9.89 Å². The van der Waals surface area contributed by atoms with Crippen LogP contribution in [0.15, 0.2) is 4.99 Å². The molecule has 0 aromatic carbocycles. The van der Waals surface area contributed by atoms with E-state index in [0.29, 0.717) is 5.96 Å². The molecule has 0 spiro atoms. The number of guanidine groups is 1. The third-order valence-corrected chi connectivity index (χ3v) is 4.11. The van der Waals surface area contributed by atoms with Crippen LogP contribution in [-0.4, -0.2) is 82.3 Å². The molecule has 6 nitrogen and oxygen atoms in total. The summed E-state index contributed by atoms with van der Waals surface area (Å²) in [4.78, 5) is 9.07. The zero-order chi connectivity index (χ0) is 16.8. The van der Waals surface area contributed by atoms with Crippen LogP contribution in [0, 0.1) is 0 Å². The molecule has 24 heavy (non-hydrogen) atoms. The maximum Gasteiger partial charge on any atom is 0.188 e. The van der Waals surface area contributed by atoms with Crippen LogP contribution < -0.4 is 11.1 Å². The maximum atomic E-state index is 5.89. The van der Waals surface area contributed by atoms with Gasteiger partial charge in [0.1, 0.15) is 0 Å². The molecule has 0 radical (unpaired) electrons. The normalized spacial score (nSPS) is 16.2. The molecule has 1 saturated heterocycles. The minimum Gasteiger partial charge on any atom is -0.379 e. The Bertz CT molecular complexity index is 309. The van der Waals surface area contributed by atoms with Gasteiger partial charge in [0.25, 0.3) is 0 Å². The summed E-state index contributed by atoms with van der Waals surface area (Å²) >= 11 is 0. The van der Waals surface area contributed by atoms with Gasteiger partial charge in [0.2, 0.25) is 0 Å². The van der Waals surface area contributed by atoms with Gasteiger partial charge >= 0.3 is 0 Å². The predicted molar refractivity (Wildman–Crippen MR) is 113 cm³/mol. The Morgan fingerprint density at radius 1 is 1.08 bits per heavy atom. The Morgan fingerprint density at radius 2 is 1.75 bits per heavy atom.